The van der Waals surface area contributed by atoms with E-state index in [9.17, 15) is 9.59 Å². The first-order chi connectivity index (χ1) is 8.01. The van der Waals surface area contributed by atoms with E-state index in [0.29, 0.717) is 17.2 Å². The maximum absolute atomic E-state index is 11.8. The van der Waals surface area contributed by atoms with Gasteiger partial charge in [-0.3, -0.25) is 4.79 Å². The number of nitrogens with two attached hydrogens (primary N) is 1. The van der Waals surface area contributed by atoms with E-state index in [1.807, 2.05) is 13.8 Å². The minimum atomic E-state index is -0.415. The first-order valence-electron chi connectivity index (χ1n) is 5.28. The molecule has 0 radical (unpaired) electrons. The Morgan fingerprint density at radius 1 is 1.41 bits per heavy atom. The van der Waals surface area contributed by atoms with Crippen LogP contribution in [-0.2, 0) is 9.53 Å². The summed E-state index contributed by atoms with van der Waals surface area (Å²) in [5.41, 5.74) is 6.49. The van der Waals surface area contributed by atoms with E-state index in [1.54, 1.807) is 6.92 Å². The number of hydrogen-bond acceptors (Lipinski definition) is 5. The van der Waals surface area contributed by atoms with Gasteiger partial charge in [0.2, 0.25) is 5.91 Å². The normalized spacial score (nSPS) is 10.1. The maximum Gasteiger partial charge on any atom is 0.341 e. The van der Waals surface area contributed by atoms with Gasteiger partial charge in [-0.05, 0) is 26.3 Å². The van der Waals surface area contributed by atoms with Crippen LogP contribution in [0.25, 0.3) is 0 Å². The molecule has 1 rings (SSSR count). The summed E-state index contributed by atoms with van der Waals surface area (Å²) < 4.78 is 4.96. The average molecular weight is 256 g/mol. The van der Waals surface area contributed by atoms with Crippen molar-refractivity contribution in [2.45, 2.75) is 20.8 Å². The standard InChI is InChI=1S/C11H16N2O3S/c1-4-16-11(15)9-6(2)7(3)17-10(9)13-8(14)5-12/h4-5,12H2,1-3H3,(H,13,14). The number of esters is 1. The Balaban J connectivity index is 3.08. The number of rotatable bonds is 4. The van der Waals surface area contributed by atoms with Gasteiger partial charge in [0, 0.05) is 4.88 Å². The van der Waals surface area contributed by atoms with Crippen molar-refractivity contribution >= 4 is 28.2 Å². The Labute approximate surface area is 104 Å². The zero-order chi connectivity index (χ0) is 13.0. The molecule has 1 heterocycles. The van der Waals surface area contributed by atoms with E-state index in [0.717, 1.165) is 10.4 Å². The van der Waals surface area contributed by atoms with Gasteiger partial charge in [0.25, 0.3) is 0 Å². The topological polar surface area (TPSA) is 81.4 Å². The third kappa shape index (κ3) is 3.04. The first kappa shape index (κ1) is 13.7. The molecule has 0 atom stereocenters. The van der Waals surface area contributed by atoms with Crippen LogP contribution in [0.2, 0.25) is 0 Å². The Bertz CT molecular complexity index is 440. The van der Waals surface area contributed by atoms with Gasteiger partial charge in [0.1, 0.15) is 5.00 Å². The highest BCUT2D eigenvalue weighted by atomic mass is 32.1. The lowest BCUT2D eigenvalue weighted by Crippen LogP contribution is -2.22. The van der Waals surface area contributed by atoms with E-state index in [-0.39, 0.29) is 12.5 Å². The van der Waals surface area contributed by atoms with Gasteiger partial charge in [-0.25, -0.2) is 4.79 Å². The number of ether oxygens (including phenoxy) is 1. The molecule has 6 heteroatoms. The van der Waals surface area contributed by atoms with Gasteiger partial charge in [-0.2, -0.15) is 0 Å². The van der Waals surface area contributed by atoms with Crippen LogP contribution in [0.15, 0.2) is 0 Å². The molecule has 0 aliphatic heterocycles. The molecule has 0 saturated heterocycles. The molecule has 1 aromatic rings. The fourth-order valence-electron chi connectivity index (χ4n) is 1.34. The third-order valence-corrected chi connectivity index (χ3v) is 3.43. The van der Waals surface area contributed by atoms with E-state index in [2.05, 4.69) is 5.32 Å². The summed E-state index contributed by atoms with van der Waals surface area (Å²) >= 11 is 1.35. The van der Waals surface area contributed by atoms with E-state index in [1.165, 1.54) is 11.3 Å². The average Bonchev–Trinajstić information content (AvgIpc) is 2.54. The zero-order valence-electron chi connectivity index (χ0n) is 10.1. The predicted molar refractivity (Wildman–Crippen MR) is 67.4 cm³/mol. The van der Waals surface area contributed by atoms with Gasteiger partial charge >= 0.3 is 5.97 Å². The lowest BCUT2D eigenvalue weighted by Gasteiger charge is -2.05. The van der Waals surface area contributed by atoms with Crippen LogP contribution in [0.1, 0.15) is 27.7 Å². The van der Waals surface area contributed by atoms with Crippen LogP contribution in [0.4, 0.5) is 5.00 Å². The second-order valence-corrected chi connectivity index (χ2v) is 4.68. The second kappa shape index (κ2) is 5.79. The lowest BCUT2D eigenvalue weighted by molar-refractivity contribution is -0.114. The number of thiophene rings is 1. The first-order valence-corrected chi connectivity index (χ1v) is 6.09. The minimum Gasteiger partial charge on any atom is -0.462 e. The number of amides is 1. The van der Waals surface area contributed by atoms with Crippen LogP contribution >= 0.6 is 11.3 Å². The predicted octanol–water partition coefficient (Wildman–Crippen LogP) is 1.44. The highest BCUT2D eigenvalue weighted by molar-refractivity contribution is 7.16. The summed E-state index contributed by atoms with van der Waals surface area (Å²) in [5.74, 6) is -0.738. The molecule has 0 saturated carbocycles. The summed E-state index contributed by atoms with van der Waals surface area (Å²) in [5, 5.41) is 3.12. The summed E-state index contributed by atoms with van der Waals surface area (Å²) in [6.07, 6.45) is 0. The second-order valence-electron chi connectivity index (χ2n) is 3.46. The third-order valence-electron chi connectivity index (χ3n) is 2.30. The van der Waals surface area contributed by atoms with E-state index >= 15 is 0 Å². The highest BCUT2D eigenvalue weighted by Crippen LogP contribution is 2.32. The molecular formula is C11H16N2O3S. The quantitative estimate of drug-likeness (QED) is 0.799. The van der Waals surface area contributed by atoms with Crippen molar-refractivity contribution in [3.05, 3.63) is 16.0 Å². The number of anilines is 1. The molecular weight excluding hydrogens is 240 g/mol. The fourth-order valence-corrected chi connectivity index (χ4v) is 2.41. The minimum absolute atomic E-state index is 0.113. The number of aryl methyl sites for hydroxylation is 1. The van der Waals surface area contributed by atoms with Crippen molar-refractivity contribution in [1.29, 1.82) is 0 Å². The van der Waals surface area contributed by atoms with Crippen molar-refractivity contribution in [2.75, 3.05) is 18.5 Å². The van der Waals surface area contributed by atoms with Crippen molar-refractivity contribution in [3.63, 3.8) is 0 Å². The molecule has 0 aliphatic carbocycles. The molecule has 0 spiro atoms. The molecule has 0 aromatic carbocycles. The summed E-state index contributed by atoms with van der Waals surface area (Å²) in [6.45, 7) is 5.65. The van der Waals surface area contributed by atoms with Crippen molar-refractivity contribution in [3.8, 4) is 0 Å². The SMILES string of the molecule is CCOC(=O)c1c(NC(=O)CN)sc(C)c1C. The summed E-state index contributed by atoms with van der Waals surface area (Å²) in [4.78, 5) is 24.0. The molecule has 1 amide bonds. The largest absolute Gasteiger partial charge is 0.462 e. The smallest absolute Gasteiger partial charge is 0.341 e. The molecule has 0 fully saturated rings. The molecule has 0 unspecified atom stereocenters. The lowest BCUT2D eigenvalue weighted by atomic mass is 10.1. The Morgan fingerprint density at radius 3 is 2.59 bits per heavy atom. The van der Waals surface area contributed by atoms with Gasteiger partial charge in [0.15, 0.2) is 0 Å². The van der Waals surface area contributed by atoms with Crippen LogP contribution in [0, 0.1) is 13.8 Å². The monoisotopic (exact) mass is 256 g/mol. The van der Waals surface area contributed by atoms with Crippen molar-refractivity contribution in [1.82, 2.24) is 0 Å². The number of nitrogens with one attached hydrogen (secondary N) is 1. The molecule has 94 valence electrons. The Hall–Kier alpha value is -1.40. The molecule has 1 aromatic heterocycles. The van der Waals surface area contributed by atoms with Gasteiger partial charge in [-0.1, -0.05) is 0 Å². The molecule has 3 N–H and O–H groups in total. The molecule has 5 nitrogen and oxygen atoms in total. The van der Waals surface area contributed by atoms with Crippen LogP contribution in [0.5, 0.6) is 0 Å². The number of carbonyl (C=O) groups is 2. The Morgan fingerprint density at radius 2 is 2.06 bits per heavy atom. The van der Waals surface area contributed by atoms with Gasteiger partial charge < -0.3 is 15.8 Å². The number of hydrogen-bond donors (Lipinski definition) is 2. The van der Waals surface area contributed by atoms with Crippen molar-refractivity contribution in [2.24, 2.45) is 5.73 Å². The Kier molecular flexibility index (Phi) is 4.65. The highest BCUT2D eigenvalue weighted by Gasteiger charge is 2.21. The van der Waals surface area contributed by atoms with E-state index < -0.39 is 5.97 Å². The van der Waals surface area contributed by atoms with Crippen LogP contribution in [0.3, 0.4) is 0 Å². The van der Waals surface area contributed by atoms with Crippen molar-refractivity contribution < 1.29 is 14.3 Å². The number of carbonyl (C=O) groups excluding carboxylic acids is 2. The fraction of sp³-hybridized carbons (Fsp3) is 0.455. The van der Waals surface area contributed by atoms with Gasteiger partial charge in [0.05, 0.1) is 18.7 Å². The van der Waals surface area contributed by atoms with Gasteiger partial charge in [-0.15, -0.1) is 11.3 Å². The molecule has 0 bridgehead atoms. The summed E-state index contributed by atoms with van der Waals surface area (Å²) in [7, 11) is 0. The van der Waals surface area contributed by atoms with Crippen LogP contribution in [-0.4, -0.2) is 25.0 Å². The van der Waals surface area contributed by atoms with E-state index in [4.69, 9.17) is 10.5 Å². The van der Waals surface area contributed by atoms with Crippen LogP contribution < -0.4 is 11.1 Å². The molecule has 0 aliphatic rings. The maximum atomic E-state index is 11.8. The zero-order valence-corrected chi connectivity index (χ0v) is 10.9. The molecule has 17 heavy (non-hydrogen) atoms. The summed E-state index contributed by atoms with van der Waals surface area (Å²) in [6, 6.07) is 0.